The van der Waals surface area contributed by atoms with Crippen LogP contribution in [-0.4, -0.2) is 6.03 Å². The Morgan fingerprint density at radius 3 is 2.33 bits per heavy atom. The molecule has 0 bridgehead atoms. The Morgan fingerprint density at radius 2 is 1.67 bits per heavy atom. The summed E-state index contributed by atoms with van der Waals surface area (Å²) in [4.78, 5) is 12.3. The molecule has 0 aliphatic carbocycles. The van der Waals surface area contributed by atoms with Crippen molar-refractivity contribution in [3.63, 3.8) is 0 Å². The van der Waals surface area contributed by atoms with Crippen LogP contribution >= 0.6 is 0 Å². The number of nitrogens with one attached hydrogen (secondary N) is 2. The molecule has 24 heavy (non-hydrogen) atoms. The van der Waals surface area contributed by atoms with E-state index >= 15 is 0 Å². The maximum absolute atomic E-state index is 12.3. The summed E-state index contributed by atoms with van der Waals surface area (Å²) in [5.74, 6) is 0.719. The van der Waals surface area contributed by atoms with Gasteiger partial charge in [-0.1, -0.05) is 60.2 Å². The van der Waals surface area contributed by atoms with Crippen LogP contribution < -0.4 is 10.6 Å². The first-order chi connectivity index (χ1) is 11.7. The number of amides is 2. The number of rotatable bonds is 5. The van der Waals surface area contributed by atoms with Crippen molar-refractivity contribution < 1.29 is 9.21 Å². The molecule has 3 rings (SSSR count). The number of benzene rings is 2. The molecule has 2 N–H and O–H groups in total. The van der Waals surface area contributed by atoms with Crippen LogP contribution in [0.2, 0.25) is 0 Å². The smallest absolute Gasteiger partial charge is 0.315 e. The van der Waals surface area contributed by atoms with Crippen LogP contribution in [0.5, 0.6) is 0 Å². The lowest BCUT2D eigenvalue weighted by Gasteiger charge is -2.20. The molecule has 4 heteroatoms. The predicted octanol–water partition coefficient (Wildman–Crippen LogP) is 4.18. The van der Waals surface area contributed by atoms with Crippen molar-refractivity contribution in [1.82, 2.24) is 10.6 Å². The highest BCUT2D eigenvalue weighted by molar-refractivity contribution is 5.75. The lowest BCUT2D eigenvalue weighted by atomic mass is 9.98. The summed E-state index contributed by atoms with van der Waals surface area (Å²) in [5, 5.41) is 5.86. The molecule has 0 fully saturated rings. The van der Waals surface area contributed by atoms with Crippen LogP contribution in [0.15, 0.2) is 77.4 Å². The van der Waals surface area contributed by atoms with Crippen LogP contribution in [0.1, 0.15) is 28.5 Å². The molecule has 1 unspecified atom stereocenters. The summed E-state index contributed by atoms with van der Waals surface area (Å²) < 4.78 is 5.23. The number of hydrogen-bond donors (Lipinski definition) is 2. The van der Waals surface area contributed by atoms with E-state index in [9.17, 15) is 4.79 Å². The van der Waals surface area contributed by atoms with Gasteiger partial charge in [0.25, 0.3) is 0 Å². The lowest BCUT2D eigenvalue weighted by Crippen LogP contribution is -2.38. The third kappa shape index (κ3) is 4.04. The van der Waals surface area contributed by atoms with Gasteiger partial charge in [0.05, 0.1) is 18.8 Å². The van der Waals surface area contributed by atoms with E-state index in [1.54, 1.807) is 12.3 Å². The molecular weight excluding hydrogens is 300 g/mol. The first-order valence-corrected chi connectivity index (χ1v) is 7.90. The van der Waals surface area contributed by atoms with Crippen molar-refractivity contribution in [3.05, 3.63) is 95.4 Å². The van der Waals surface area contributed by atoms with Crippen molar-refractivity contribution in [2.75, 3.05) is 0 Å². The van der Waals surface area contributed by atoms with Gasteiger partial charge in [-0.05, 0) is 30.2 Å². The average molecular weight is 320 g/mol. The van der Waals surface area contributed by atoms with Crippen LogP contribution in [0.3, 0.4) is 0 Å². The van der Waals surface area contributed by atoms with Crippen LogP contribution in [0.25, 0.3) is 0 Å². The Hall–Kier alpha value is -3.01. The Morgan fingerprint density at radius 1 is 0.958 bits per heavy atom. The van der Waals surface area contributed by atoms with Gasteiger partial charge < -0.3 is 15.1 Å². The molecule has 2 aromatic carbocycles. The predicted molar refractivity (Wildman–Crippen MR) is 93.5 cm³/mol. The maximum atomic E-state index is 12.3. The minimum absolute atomic E-state index is 0.205. The molecule has 0 saturated carbocycles. The van der Waals surface area contributed by atoms with E-state index in [1.807, 2.05) is 67.6 Å². The Balaban J connectivity index is 1.74. The zero-order valence-electron chi connectivity index (χ0n) is 13.5. The lowest BCUT2D eigenvalue weighted by molar-refractivity contribution is 0.237. The average Bonchev–Trinajstić information content (AvgIpc) is 3.13. The van der Waals surface area contributed by atoms with Crippen LogP contribution in [0.4, 0.5) is 4.79 Å². The van der Waals surface area contributed by atoms with E-state index in [4.69, 9.17) is 4.42 Å². The van der Waals surface area contributed by atoms with Gasteiger partial charge in [0, 0.05) is 0 Å². The van der Waals surface area contributed by atoms with Gasteiger partial charge in [0.15, 0.2) is 0 Å². The van der Waals surface area contributed by atoms with Gasteiger partial charge >= 0.3 is 6.03 Å². The van der Waals surface area contributed by atoms with E-state index < -0.39 is 0 Å². The van der Waals surface area contributed by atoms with E-state index in [-0.39, 0.29) is 12.1 Å². The van der Waals surface area contributed by atoms with Gasteiger partial charge in [-0.25, -0.2) is 4.79 Å². The molecule has 2 amide bonds. The van der Waals surface area contributed by atoms with E-state index in [2.05, 4.69) is 10.6 Å². The molecule has 0 radical (unpaired) electrons. The van der Waals surface area contributed by atoms with Crippen molar-refractivity contribution in [2.24, 2.45) is 0 Å². The molecular formula is C20H20N2O2. The van der Waals surface area contributed by atoms with Crippen molar-refractivity contribution in [1.29, 1.82) is 0 Å². The molecule has 122 valence electrons. The fraction of sp³-hybridized carbons (Fsp3) is 0.150. The summed E-state index contributed by atoms with van der Waals surface area (Å²) >= 11 is 0. The third-order valence-corrected chi connectivity index (χ3v) is 3.82. The minimum atomic E-state index is -0.235. The first-order valence-electron chi connectivity index (χ1n) is 7.90. The van der Waals surface area contributed by atoms with Crippen molar-refractivity contribution in [3.8, 4) is 0 Å². The number of hydrogen-bond acceptors (Lipinski definition) is 2. The second-order valence-corrected chi connectivity index (χ2v) is 5.66. The fourth-order valence-corrected chi connectivity index (χ4v) is 2.53. The second-order valence-electron chi connectivity index (χ2n) is 5.66. The van der Waals surface area contributed by atoms with Crippen molar-refractivity contribution >= 4 is 6.03 Å². The fourth-order valence-electron chi connectivity index (χ4n) is 2.53. The number of furan rings is 1. The number of urea groups is 1. The summed E-state index contributed by atoms with van der Waals surface area (Å²) in [7, 11) is 0. The van der Waals surface area contributed by atoms with Gasteiger partial charge in [-0.3, -0.25) is 0 Å². The van der Waals surface area contributed by atoms with Crippen molar-refractivity contribution in [2.45, 2.75) is 19.5 Å². The summed E-state index contributed by atoms with van der Waals surface area (Å²) in [6, 6.07) is 21.3. The zero-order valence-corrected chi connectivity index (χ0v) is 13.5. The maximum Gasteiger partial charge on any atom is 0.315 e. The molecule has 0 spiro atoms. The third-order valence-electron chi connectivity index (χ3n) is 3.82. The Bertz CT molecular complexity index is 765. The molecule has 1 atom stereocenters. The quantitative estimate of drug-likeness (QED) is 0.741. The first kappa shape index (κ1) is 15.9. The summed E-state index contributed by atoms with van der Waals surface area (Å²) in [6.07, 6.45) is 1.59. The highest BCUT2D eigenvalue weighted by Gasteiger charge is 2.16. The normalized spacial score (nSPS) is 11.7. The summed E-state index contributed by atoms with van der Waals surface area (Å²) in [5.41, 5.74) is 3.27. The molecule has 4 nitrogen and oxygen atoms in total. The standard InChI is InChI=1S/C20H20N2O2/c1-15-9-11-17(12-10-15)19(16-6-3-2-4-7-16)22-20(23)21-14-18-8-5-13-24-18/h2-13,19H,14H2,1H3,(H2,21,22,23). The molecule has 0 aliphatic heterocycles. The largest absolute Gasteiger partial charge is 0.467 e. The zero-order chi connectivity index (χ0) is 16.8. The Kier molecular flexibility index (Phi) is 4.96. The van der Waals surface area contributed by atoms with Gasteiger partial charge in [0.2, 0.25) is 0 Å². The van der Waals surface area contributed by atoms with E-state index in [0.29, 0.717) is 6.54 Å². The minimum Gasteiger partial charge on any atom is -0.467 e. The second kappa shape index (κ2) is 7.51. The number of carbonyl (C=O) groups is 1. The Labute approximate surface area is 141 Å². The monoisotopic (exact) mass is 320 g/mol. The van der Waals surface area contributed by atoms with Crippen LogP contribution in [-0.2, 0) is 6.54 Å². The highest BCUT2D eigenvalue weighted by Crippen LogP contribution is 2.22. The molecule has 1 aromatic heterocycles. The topological polar surface area (TPSA) is 54.3 Å². The van der Waals surface area contributed by atoms with E-state index in [1.165, 1.54) is 5.56 Å². The van der Waals surface area contributed by atoms with Gasteiger partial charge in [-0.15, -0.1) is 0 Å². The molecule has 0 saturated heterocycles. The molecule has 3 aromatic rings. The highest BCUT2D eigenvalue weighted by atomic mass is 16.3. The van der Waals surface area contributed by atoms with E-state index in [0.717, 1.165) is 16.9 Å². The molecule has 0 aliphatic rings. The van der Waals surface area contributed by atoms with Gasteiger partial charge in [-0.2, -0.15) is 0 Å². The molecule has 1 heterocycles. The SMILES string of the molecule is Cc1ccc(C(NC(=O)NCc2ccco2)c2ccccc2)cc1. The van der Waals surface area contributed by atoms with Gasteiger partial charge in [0.1, 0.15) is 5.76 Å². The number of aryl methyl sites for hydroxylation is 1. The van der Waals surface area contributed by atoms with Crippen LogP contribution in [0, 0.1) is 6.92 Å². The number of carbonyl (C=O) groups excluding carboxylic acids is 1. The summed E-state index contributed by atoms with van der Waals surface area (Å²) in [6.45, 7) is 2.40.